The zero-order valence-electron chi connectivity index (χ0n) is 11.6. The van der Waals surface area contributed by atoms with Crippen molar-refractivity contribution in [3.8, 4) is 5.69 Å². The van der Waals surface area contributed by atoms with Gasteiger partial charge in [-0.3, -0.25) is 4.57 Å². The molecule has 23 heavy (non-hydrogen) atoms. The van der Waals surface area contributed by atoms with Crippen LogP contribution in [0.15, 0.2) is 53.9 Å². The molecular weight excluding hydrogens is 378 g/mol. The molecule has 0 aliphatic heterocycles. The average molecular weight is 388 g/mol. The van der Waals surface area contributed by atoms with Crippen molar-refractivity contribution in [2.75, 3.05) is 0 Å². The summed E-state index contributed by atoms with van der Waals surface area (Å²) in [6, 6.07) is 10.0. The van der Waals surface area contributed by atoms with Crippen molar-refractivity contribution in [1.82, 2.24) is 9.55 Å². The fraction of sp³-hybridized carbons (Fsp3) is 0.0625. The summed E-state index contributed by atoms with van der Waals surface area (Å²) in [5, 5.41) is 1.98. The van der Waals surface area contributed by atoms with Crippen molar-refractivity contribution in [1.29, 1.82) is 0 Å². The fourth-order valence-corrected chi connectivity index (χ4v) is 3.76. The van der Waals surface area contributed by atoms with Crippen LogP contribution in [0, 0.1) is 5.82 Å². The van der Waals surface area contributed by atoms with Crippen molar-refractivity contribution in [2.24, 2.45) is 0 Å². The molecule has 7 heteroatoms. The van der Waals surface area contributed by atoms with Crippen molar-refractivity contribution >= 4 is 46.6 Å². The zero-order chi connectivity index (χ0) is 16.4. The summed E-state index contributed by atoms with van der Waals surface area (Å²) < 4.78 is 15.7. The van der Waals surface area contributed by atoms with Gasteiger partial charge in [0.05, 0.1) is 15.7 Å². The summed E-state index contributed by atoms with van der Waals surface area (Å²) in [7, 11) is 0. The molecule has 3 rings (SSSR count). The van der Waals surface area contributed by atoms with Gasteiger partial charge in [0.2, 0.25) is 0 Å². The van der Waals surface area contributed by atoms with Crippen LogP contribution in [-0.4, -0.2) is 9.55 Å². The number of hydrogen-bond acceptors (Lipinski definition) is 2. The third-order valence-corrected chi connectivity index (χ3v) is 5.36. The van der Waals surface area contributed by atoms with Crippen LogP contribution in [0.1, 0.15) is 5.56 Å². The Balaban J connectivity index is 1.89. The van der Waals surface area contributed by atoms with Crippen LogP contribution >= 0.6 is 46.6 Å². The molecule has 0 saturated carbocycles. The summed E-state index contributed by atoms with van der Waals surface area (Å²) in [5.41, 5.74) is 1.17. The molecule has 0 radical (unpaired) electrons. The molecule has 0 bridgehead atoms. The van der Waals surface area contributed by atoms with E-state index in [0.29, 0.717) is 31.5 Å². The van der Waals surface area contributed by atoms with E-state index < -0.39 is 0 Å². The summed E-state index contributed by atoms with van der Waals surface area (Å²) in [6.45, 7) is 0. The lowest BCUT2D eigenvalue weighted by molar-refractivity contribution is 0.617. The van der Waals surface area contributed by atoms with E-state index in [9.17, 15) is 4.39 Å². The van der Waals surface area contributed by atoms with E-state index in [4.69, 9.17) is 34.8 Å². The number of nitrogens with zero attached hydrogens (tertiary/aromatic N) is 2. The first-order valence-corrected chi connectivity index (χ1v) is 8.73. The Bertz CT molecular complexity index is 831. The van der Waals surface area contributed by atoms with Crippen LogP contribution in [-0.2, 0) is 5.75 Å². The van der Waals surface area contributed by atoms with Gasteiger partial charge in [0.15, 0.2) is 5.16 Å². The smallest absolute Gasteiger partial charge is 0.172 e. The van der Waals surface area contributed by atoms with Gasteiger partial charge < -0.3 is 0 Å². The molecular formula is C16H10Cl3FN2S. The standard InChI is InChI=1S/C16H10Cl3FN2S/c17-11-3-1-5-13(20)10(11)9-23-16-21-7-8-22(16)14-6-2-4-12(18)15(14)19/h1-8H,9H2. The third-order valence-electron chi connectivity index (χ3n) is 3.20. The predicted octanol–water partition coefficient (Wildman–Crippen LogP) is 6.26. The van der Waals surface area contributed by atoms with Gasteiger partial charge in [0, 0.05) is 28.7 Å². The van der Waals surface area contributed by atoms with Gasteiger partial charge in [-0.15, -0.1) is 0 Å². The predicted molar refractivity (Wildman–Crippen MR) is 94.6 cm³/mol. The van der Waals surface area contributed by atoms with Crippen LogP contribution in [0.25, 0.3) is 5.69 Å². The molecule has 0 aliphatic carbocycles. The molecule has 0 fully saturated rings. The van der Waals surface area contributed by atoms with Crippen LogP contribution in [0.2, 0.25) is 15.1 Å². The quantitative estimate of drug-likeness (QED) is 0.491. The summed E-state index contributed by atoms with van der Waals surface area (Å²) in [5.74, 6) is 0.0321. The van der Waals surface area contributed by atoms with E-state index in [1.165, 1.54) is 17.8 Å². The Kier molecular flexibility index (Phi) is 5.17. The van der Waals surface area contributed by atoms with Gasteiger partial charge in [-0.25, -0.2) is 9.37 Å². The Morgan fingerprint density at radius 3 is 2.57 bits per heavy atom. The second-order valence-corrected chi connectivity index (χ2v) is 6.78. The monoisotopic (exact) mass is 386 g/mol. The van der Waals surface area contributed by atoms with E-state index in [-0.39, 0.29) is 5.82 Å². The average Bonchev–Trinajstić information content (AvgIpc) is 2.98. The van der Waals surface area contributed by atoms with Crippen LogP contribution < -0.4 is 0 Å². The number of imidazole rings is 1. The number of benzene rings is 2. The maximum Gasteiger partial charge on any atom is 0.172 e. The molecule has 1 heterocycles. The minimum Gasteiger partial charge on any atom is -0.293 e. The van der Waals surface area contributed by atoms with Gasteiger partial charge in [-0.05, 0) is 24.3 Å². The van der Waals surface area contributed by atoms with Crippen molar-refractivity contribution in [3.63, 3.8) is 0 Å². The first-order chi connectivity index (χ1) is 11.1. The molecule has 0 unspecified atom stereocenters. The molecule has 0 spiro atoms. The second kappa shape index (κ2) is 7.14. The van der Waals surface area contributed by atoms with Crippen LogP contribution in [0.5, 0.6) is 0 Å². The van der Waals surface area contributed by atoms with Gasteiger partial charge in [0.25, 0.3) is 0 Å². The molecule has 0 saturated heterocycles. The maximum atomic E-state index is 13.9. The largest absolute Gasteiger partial charge is 0.293 e. The number of rotatable bonds is 4. The van der Waals surface area contributed by atoms with E-state index in [1.807, 2.05) is 16.7 Å². The molecule has 118 valence electrons. The fourth-order valence-electron chi connectivity index (χ4n) is 2.07. The summed E-state index contributed by atoms with van der Waals surface area (Å²) >= 11 is 19.7. The minimum absolute atomic E-state index is 0.330. The minimum atomic E-state index is -0.330. The van der Waals surface area contributed by atoms with Crippen molar-refractivity contribution in [3.05, 3.63) is 75.2 Å². The van der Waals surface area contributed by atoms with E-state index in [2.05, 4.69) is 4.98 Å². The van der Waals surface area contributed by atoms with Crippen LogP contribution in [0.3, 0.4) is 0 Å². The van der Waals surface area contributed by atoms with Crippen molar-refractivity contribution < 1.29 is 4.39 Å². The number of halogens is 4. The van der Waals surface area contributed by atoms with Crippen molar-refractivity contribution in [2.45, 2.75) is 10.9 Å². The molecule has 0 N–H and O–H groups in total. The highest BCUT2D eigenvalue weighted by Gasteiger charge is 2.13. The number of thioether (sulfide) groups is 1. The Hall–Kier alpha value is -1.20. The summed E-state index contributed by atoms with van der Waals surface area (Å²) in [6.07, 6.45) is 3.44. The molecule has 0 aliphatic rings. The SMILES string of the molecule is Fc1cccc(Cl)c1CSc1nccn1-c1cccc(Cl)c1Cl. The highest BCUT2D eigenvalue weighted by molar-refractivity contribution is 7.98. The van der Waals surface area contributed by atoms with E-state index >= 15 is 0 Å². The Morgan fingerprint density at radius 2 is 1.78 bits per heavy atom. The van der Waals surface area contributed by atoms with Gasteiger partial charge in [-0.1, -0.05) is 58.7 Å². The highest BCUT2D eigenvalue weighted by Crippen LogP contribution is 2.33. The third kappa shape index (κ3) is 3.50. The molecule has 3 aromatic rings. The first-order valence-electron chi connectivity index (χ1n) is 6.61. The lowest BCUT2D eigenvalue weighted by atomic mass is 10.2. The van der Waals surface area contributed by atoms with E-state index in [1.54, 1.807) is 30.6 Å². The number of aromatic nitrogens is 2. The summed E-state index contributed by atoms with van der Waals surface area (Å²) in [4.78, 5) is 4.30. The Morgan fingerprint density at radius 1 is 1.04 bits per heavy atom. The second-order valence-electron chi connectivity index (χ2n) is 4.64. The van der Waals surface area contributed by atoms with E-state index in [0.717, 1.165) is 5.69 Å². The first kappa shape index (κ1) is 16.7. The van der Waals surface area contributed by atoms with Crippen LogP contribution in [0.4, 0.5) is 4.39 Å². The van der Waals surface area contributed by atoms with Gasteiger partial charge in [-0.2, -0.15) is 0 Å². The normalized spacial score (nSPS) is 11.0. The molecule has 1 aromatic heterocycles. The topological polar surface area (TPSA) is 17.8 Å². The Labute approximate surface area is 152 Å². The molecule has 0 atom stereocenters. The number of hydrogen-bond donors (Lipinski definition) is 0. The lowest BCUT2D eigenvalue weighted by Crippen LogP contribution is -1.97. The molecule has 2 nitrogen and oxygen atoms in total. The molecule has 0 amide bonds. The highest BCUT2D eigenvalue weighted by atomic mass is 35.5. The zero-order valence-corrected chi connectivity index (χ0v) is 14.7. The van der Waals surface area contributed by atoms with Gasteiger partial charge in [0.1, 0.15) is 5.82 Å². The maximum absolute atomic E-state index is 13.9. The lowest BCUT2D eigenvalue weighted by Gasteiger charge is -2.11. The van der Waals surface area contributed by atoms with Gasteiger partial charge >= 0.3 is 0 Å². The molecule has 2 aromatic carbocycles.